The van der Waals surface area contributed by atoms with Crippen LogP contribution >= 0.6 is 11.8 Å². The number of thioether (sulfide) groups is 1. The maximum Gasteiger partial charge on any atom is 0.230 e. The fourth-order valence-electron chi connectivity index (χ4n) is 0.672. The zero-order chi connectivity index (χ0) is 10.1. The molecule has 4 nitrogen and oxygen atoms in total. The number of hydrogen-bond acceptors (Lipinski definition) is 4. The Bertz CT molecular complexity index is 191. The van der Waals surface area contributed by atoms with E-state index in [0.717, 1.165) is 0 Å². The molecular weight excluding hydrogens is 188 g/mol. The first-order valence-electron chi connectivity index (χ1n) is 4.06. The van der Waals surface area contributed by atoms with Crippen molar-refractivity contribution in [2.24, 2.45) is 0 Å². The van der Waals surface area contributed by atoms with E-state index in [9.17, 15) is 4.79 Å². The van der Waals surface area contributed by atoms with Gasteiger partial charge in [-0.15, -0.1) is 11.8 Å². The van der Waals surface area contributed by atoms with Crippen molar-refractivity contribution < 1.29 is 9.90 Å². The number of nitrogens with zero attached hydrogens (tertiary/aromatic N) is 1. The molecule has 0 bridgehead atoms. The molecule has 0 heterocycles. The van der Waals surface area contributed by atoms with E-state index in [2.05, 4.69) is 5.32 Å². The largest absolute Gasteiger partial charge is 0.396 e. The van der Waals surface area contributed by atoms with E-state index in [1.807, 2.05) is 13.0 Å². The van der Waals surface area contributed by atoms with Crippen LogP contribution in [0.1, 0.15) is 13.3 Å². The Kier molecular flexibility index (Phi) is 7.45. The fraction of sp³-hybridized carbons (Fsp3) is 0.750. The van der Waals surface area contributed by atoms with Crippen LogP contribution in [0.2, 0.25) is 0 Å². The molecule has 0 saturated carbocycles. The third-order valence-electron chi connectivity index (χ3n) is 1.40. The van der Waals surface area contributed by atoms with E-state index < -0.39 is 0 Å². The highest BCUT2D eigenvalue weighted by Gasteiger charge is 2.05. The SMILES string of the molecule is CC(CCO)SCC(=O)NCC#N. The highest BCUT2D eigenvalue weighted by Crippen LogP contribution is 2.12. The topological polar surface area (TPSA) is 73.1 Å². The molecule has 1 atom stereocenters. The molecule has 0 aromatic carbocycles. The molecule has 13 heavy (non-hydrogen) atoms. The van der Waals surface area contributed by atoms with Crippen LogP contribution in [0.3, 0.4) is 0 Å². The predicted octanol–water partition coefficient (Wildman–Crippen LogP) is 0.130. The van der Waals surface area contributed by atoms with Gasteiger partial charge in [-0.2, -0.15) is 5.26 Å². The molecular formula is C8H14N2O2S. The molecule has 0 aliphatic heterocycles. The Morgan fingerprint density at radius 2 is 2.46 bits per heavy atom. The van der Waals surface area contributed by atoms with Crippen LogP contribution in [0.4, 0.5) is 0 Å². The van der Waals surface area contributed by atoms with Gasteiger partial charge >= 0.3 is 0 Å². The highest BCUT2D eigenvalue weighted by atomic mass is 32.2. The Morgan fingerprint density at radius 3 is 3.00 bits per heavy atom. The molecule has 0 rings (SSSR count). The van der Waals surface area contributed by atoms with E-state index in [1.165, 1.54) is 11.8 Å². The third-order valence-corrected chi connectivity index (χ3v) is 2.63. The van der Waals surface area contributed by atoms with E-state index in [1.54, 1.807) is 0 Å². The Labute approximate surface area is 82.3 Å². The summed E-state index contributed by atoms with van der Waals surface area (Å²) in [5.74, 6) is 0.222. The number of hydrogen-bond donors (Lipinski definition) is 2. The minimum absolute atomic E-state index is 0.0633. The predicted molar refractivity (Wildman–Crippen MR) is 52.2 cm³/mol. The van der Waals surface area contributed by atoms with Crippen molar-refractivity contribution in [1.29, 1.82) is 5.26 Å². The van der Waals surface area contributed by atoms with Gasteiger partial charge in [-0.25, -0.2) is 0 Å². The summed E-state index contributed by atoms with van der Waals surface area (Å²) < 4.78 is 0. The second-order valence-electron chi connectivity index (χ2n) is 2.57. The average molecular weight is 202 g/mol. The molecule has 1 unspecified atom stereocenters. The number of carbonyl (C=O) groups excluding carboxylic acids is 1. The van der Waals surface area contributed by atoms with Gasteiger partial charge in [0.2, 0.25) is 5.91 Å². The minimum atomic E-state index is -0.128. The van der Waals surface area contributed by atoms with Crippen molar-refractivity contribution in [2.45, 2.75) is 18.6 Å². The summed E-state index contributed by atoms with van der Waals surface area (Å²) in [6.07, 6.45) is 0.691. The van der Waals surface area contributed by atoms with Gasteiger partial charge < -0.3 is 10.4 Å². The molecule has 0 saturated heterocycles. The zero-order valence-corrected chi connectivity index (χ0v) is 8.43. The minimum Gasteiger partial charge on any atom is -0.396 e. The molecule has 74 valence electrons. The van der Waals surface area contributed by atoms with Crippen LogP contribution in [0.25, 0.3) is 0 Å². The number of aliphatic hydroxyl groups excluding tert-OH is 1. The molecule has 0 aromatic heterocycles. The molecule has 0 aromatic rings. The van der Waals surface area contributed by atoms with E-state index in [-0.39, 0.29) is 24.3 Å². The molecule has 0 fully saturated rings. The normalized spacial score (nSPS) is 11.8. The number of nitrogens with one attached hydrogen (secondary N) is 1. The summed E-state index contributed by atoms with van der Waals surface area (Å²) >= 11 is 1.48. The summed E-state index contributed by atoms with van der Waals surface area (Å²) in [6.45, 7) is 2.17. The van der Waals surface area contributed by atoms with Crippen molar-refractivity contribution in [2.75, 3.05) is 18.9 Å². The second kappa shape index (κ2) is 7.90. The van der Waals surface area contributed by atoms with Gasteiger partial charge in [-0.05, 0) is 6.42 Å². The van der Waals surface area contributed by atoms with Crippen LogP contribution in [-0.4, -0.2) is 35.2 Å². The van der Waals surface area contributed by atoms with Crippen molar-refractivity contribution in [3.05, 3.63) is 0 Å². The zero-order valence-electron chi connectivity index (χ0n) is 7.62. The molecule has 0 radical (unpaired) electrons. The lowest BCUT2D eigenvalue weighted by Crippen LogP contribution is -2.26. The molecule has 0 aliphatic rings. The van der Waals surface area contributed by atoms with Crippen LogP contribution < -0.4 is 5.32 Å². The lowest BCUT2D eigenvalue weighted by molar-refractivity contribution is -0.118. The number of carbonyl (C=O) groups is 1. The van der Waals surface area contributed by atoms with Gasteiger partial charge in [0.05, 0.1) is 11.8 Å². The summed E-state index contributed by atoms with van der Waals surface area (Å²) in [4.78, 5) is 11.0. The van der Waals surface area contributed by atoms with Gasteiger partial charge in [0.15, 0.2) is 0 Å². The van der Waals surface area contributed by atoms with E-state index in [4.69, 9.17) is 10.4 Å². The summed E-state index contributed by atoms with van der Waals surface area (Å²) in [5.41, 5.74) is 0. The van der Waals surface area contributed by atoms with Crippen molar-refractivity contribution in [3.8, 4) is 6.07 Å². The fourth-order valence-corrected chi connectivity index (χ4v) is 1.48. The van der Waals surface area contributed by atoms with Gasteiger partial charge in [0.1, 0.15) is 6.54 Å². The van der Waals surface area contributed by atoms with E-state index >= 15 is 0 Å². The first-order chi connectivity index (χ1) is 6.20. The lowest BCUT2D eigenvalue weighted by Gasteiger charge is -2.07. The van der Waals surface area contributed by atoms with Gasteiger partial charge in [-0.3, -0.25) is 4.79 Å². The average Bonchev–Trinajstić information content (AvgIpc) is 2.12. The second-order valence-corrected chi connectivity index (χ2v) is 4.00. The van der Waals surface area contributed by atoms with Crippen LogP contribution in [-0.2, 0) is 4.79 Å². The van der Waals surface area contributed by atoms with E-state index in [0.29, 0.717) is 12.2 Å². The van der Waals surface area contributed by atoms with Crippen molar-refractivity contribution in [1.82, 2.24) is 5.32 Å². The maximum absolute atomic E-state index is 11.0. The molecule has 5 heteroatoms. The van der Waals surface area contributed by atoms with Gasteiger partial charge in [0, 0.05) is 11.9 Å². The van der Waals surface area contributed by atoms with Crippen LogP contribution in [0.15, 0.2) is 0 Å². The number of rotatable bonds is 6. The number of aliphatic hydroxyl groups is 1. The Hall–Kier alpha value is -0.730. The summed E-state index contributed by atoms with van der Waals surface area (Å²) in [7, 11) is 0. The molecule has 1 amide bonds. The van der Waals surface area contributed by atoms with Crippen molar-refractivity contribution in [3.63, 3.8) is 0 Å². The molecule has 2 N–H and O–H groups in total. The standard InChI is InChI=1S/C8H14N2O2S/c1-7(2-5-11)13-6-8(12)10-4-3-9/h7,11H,2,4-6H2,1H3,(H,10,12). The number of amides is 1. The quantitative estimate of drug-likeness (QED) is 0.600. The lowest BCUT2D eigenvalue weighted by atomic mass is 10.3. The Morgan fingerprint density at radius 1 is 1.77 bits per heavy atom. The summed E-state index contributed by atoms with van der Waals surface area (Å²) in [5, 5.41) is 19.5. The van der Waals surface area contributed by atoms with Gasteiger partial charge in [0.25, 0.3) is 0 Å². The molecule has 0 aliphatic carbocycles. The van der Waals surface area contributed by atoms with Crippen LogP contribution in [0.5, 0.6) is 0 Å². The third kappa shape index (κ3) is 7.62. The molecule has 0 spiro atoms. The maximum atomic E-state index is 11.0. The Balaban J connectivity index is 3.41. The summed E-state index contributed by atoms with van der Waals surface area (Å²) in [6, 6.07) is 1.83. The number of nitriles is 1. The smallest absolute Gasteiger partial charge is 0.230 e. The van der Waals surface area contributed by atoms with Crippen LogP contribution in [0, 0.1) is 11.3 Å². The van der Waals surface area contributed by atoms with Crippen molar-refractivity contribution >= 4 is 17.7 Å². The monoisotopic (exact) mass is 202 g/mol. The highest BCUT2D eigenvalue weighted by molar-refractivity contribution is 8.00. The first-order valence-corrected chi connectivity index (χ1v) is 5.11. The van der Waals surface area contributed by atoms with Gasteiger partial charge in [-0.1, -0.05) is 6.92 Å². The first kappa shape index (κ1) is 12.3.